The maximum Gasteiger partial charge on any atom is 0.483 e. The Morgan fingerprint density at radius 1 is 0.275 bits per heavy atom. The van der Waals surface area contributed by atoms with Gasteiger partial charge in [-0.25, -0.2) is 0 Å². The van der Waals surface area contributed by atoms with E-state index in [4.69, 9.17) is 42.7 Å². The van der Waals surface area contributed by atoms with Crippen LogP contribution in [0.1, 0.15) is 104 Å². The van der Waals surface area contributed by atoms with Crippen molar-refractivity contribution in [3.63, 3.8) is 0 Å². The van der Waals surface area contributed by atoms with E-state index in [9.17, 15) is 0 Å². The average molecular weight is 661 g/mol. The molecule has 0 bridgehead atoms. The highest BCUT2D eigenvalue weighted by Gasteiger charge is 2.65. The fraction of sp³-hybridized carbons (Fsp3) is 1.00. The largest absolute Gasteiger partial charge is 0.483 e. The van der Waals surface area contributed by atoms with Gasteiger partial charge in [-0.05, 0) is 104 Å². The van der Waals surface area contributed by atoms with Gasteiger partial charge in [-0.15, -0.1) is 0 Å². The van der Waals surface area contributed by atoms with Crippen LogP contribution in [0.3, 0.4) is 0 Å². The molecule has 0 atom stereocenters. The van der Waals surface area contributed by atoms with Crippen molar-refractivity contribution in [1.82, 2.24) is 0 Å². The lowest BCUT2D eigenvalue weighted by Crippen LogP contribution is -2.73. The van der Waals surface area contributed by atoms with Gasteiger partial charge in [0, 0.05) is 32.7 Å². The highest BCUT2D eigenvalue weighted by atomic mass is 28.6. The Morgan fingerprint density at radius 2 is 0.375 bits per heavy atom. The van der Waals surface area contributed by atoms with Gasteiger partial charge in [0.05, 0.1) is 28.0 Å². The molecule has 0 amide bonds. The molecule has 1 saturated heterocycles. The minimum absolute atomic E-state index is 0.610. The van der Waals surface area contributed by atoms with Gasteiger partial charge in [0.2, 0.25) is 0 Å². The molecule has 0 aromatic heterocycles. The first kappa shape index (κ1) is 38.7. The van der Waals surface area contributed by atoms with Gasteiger partial charge in [-0.2, -0.15) is 0 Å². The van der Waals surface area contributed by atoms with Crippen molar-refractivity contribution in [3.8, 4) is 0 Å². The number of rotatable bonds is 5. The van der Waals surface area contributed by atoms with E-state index in [0.29, 0.717) is 0 Å². The van der Waals surface area contributed by atoms with E-state index in [1.165, 1.54) is 0 Å². The lowest BCUT2D eigenvalue weighted by Gasteiger charge is -2.50. The van der Waals surface area contributed by atoms with Crippen LogP contribution in [0.25, 0.3) is 0 Å². The Kier molecular flexibility index (Phi) is 11.5. The van der Waals surface area contributed by atoms with Crippen LogP contribution < -0.4 is 0 Å². The lowest BCUT2D eigenvalue weighted by atomic mass is 10.2. The third-order valence-corrected chi connectivity index (χ3v) is 24.1. The molecular formula is C25H60O10Si5. The summed E-state index contributed by atoms with van der Waals surface area (Å²) in [6.45, 7) is 38.6. The first-order valence-corrected chi connectivity index (χ1v) is 25.2. The Bertz CT molecular complexity index is 680. The Labute approximate surface area is 250 Å². The van der Waals surface area contributed by atoms with E-state index in [-0.39, 0.29) is 0 Å². The van der Waals surface area contributed by atoms with Crippen molar-refractivity contribution in [2.75, 3.05) is 0 Å². The Morgan fingerprint density at radius 3 is 0.450 bits per heavy atom. The molecule has 240 valence electrons. The summed E-state index contributed by atoms with van der Waals surface area (Å²) < 4.78 is 67.3. The van der Waals surface area contributed by atoms with E-state index in [1.54, 1.807) is 0 Å². The van der Waals surface area contributed by atoms with Crippen molar-refractivity contribution < 1.29 is 42.7 Å². The number of hydrogen-bond acceptors (Lipinski definition) is 10. The van der Waals surface area contributed by atoms with Crippen molar-refractivity contribution in [2.24, 2.45) is 0 Å². The second-order valence-electron chi connectivity index (χ2n) is 15.9. The minimum Gasteiger partial charge on any atom is -0.373 e. The highest BCUT2D eigenvalue weighted by Crippen LogP contribution is 2.39. The van der Waals surface area contributed by atoms with E-state index in [0.717, 1.165) is 0 Å². The Hall–Kier alpha value is 0.684. The summed E-state index contributed by atoms with van der Waals surface area (Å²) >= 11 is 0. The summed E-state index contributed by atoms with van der Waals surface area (Å²) in [5.41, 5.74) is -3.05. The third-order valence-electron chi connectivity index (χ3n) is 4.31. The van der Waals surface area contributed by atoms with Crippen molar-refractivity contribution in [1.29, 1.82) is 0 Å². The maximum atomic E-state index is 6.86. The number of hydrogen-bond donors (Lipinski definition) is 0. The summed E-state index contributed by atoms with van der Waals surface area (Å²) in [5.74, 6) is 0. The van der Waals surface area contributed by atoms with Gasteiger partial charge in [0.25, 0.3) is 0 Å². The molecule has 0 radical (unpaired) electrons. The van der Waals surface area contributed by atoms with E-state index >= 15 is 0 Å². The third kappa shape index (κ3) is 14.9. The summed E-state index contributed by atoms with van der Waals surface area (Å²) in [4.78, 5) is 0. The Balaban J connectivity index is 4.06. The molecule has 1 heterocycles. The van der Waals surface area contributed by atoms with Crippen LogP contribution >= 0.6 is 0 Å². The maximum absolute atomic E-state index is 6.86. The average Bonchev–Trinajstić information content (AvgIpc) is 2.38. The van der Waals surface area contributed by atoms with E-state index in [1.807, 2.05) is 137 Å². The van der Waals surface area contributed by atoms with Crippen LogP contribution in [-0.4, -0.2) is 72.0 Å². The normalized spacial score (nSPS) is 36.0. The zero-order valence-electron chi connectivity index (χ0n) is 29.1. The molecule has 40 heavy (non-hydrogen) atoms. The van der Waals surface area contributed by atoms with Crippen molar-refractivity contribution in [3.05, 3.63) is 0 Å². The molecule has 0 spiro atoms. The molecular weight excluding hydrogens is 601 g/mol. The van der Waals surface area contributed by atoms with Crippen LogP contribution in [0.15, 0.2) is 0 Å². The molecule has 1 aliphatic heterocycles. The van der Waals surface area contributed by atoms with Crippen LogP contribution in [-0.2, 0) is 42.7 Å². The van der Waals surface area contributed by atoms with Crippen LogP contribution in [0.4, 0.5) is 0 Å². The van der Waals surface area contributed by atoms with Crippen LogP contribution in [0, 0.1) is 0 Å². The second kappa shape index (κ2) is 11.9. The molecule has 0 saturated carbocycles. The topological polar surface area (TPSA) is 92.3 Å². The highest BCUT2D eigenvalue weighted by molar-refractivity contribution is 6.88. The van der Waals surface area contributed by atoms with Gasteiger partial charge in [-0.3, -0.25) is 0 Å². The first-order chi connectivity index (χ1) is 17.1. The van der Waals surface area contributed by atoms with Crippen LogP contribution in [0.2, 0.25) is 32.7 Å². The molecule has 1 fully saturated rings. The molecule has 10 nitrogen and oxygen atoms in total. The van der Waals surface area contributed by atoms with Gasteiger partial charge >= 0.3 is 44.0 Å². The van der Waals surface area contributed by atoms with Crippen molar-refractivity contribution >= 4 is 44.0 Å². The van der Waals surface area contributed by atoms with E-state index < -0.39 is 72.0 Å². The molecule has 0 unspecified atom stereocenters. The summed E-state index contributed by atoms with van der Waals surface area (Å²) in [5, 5.41) is 0. The molecule has 1 aliphatic rings. The van der Waals surface area contributed by atoms with Gasteiger partial charge in [0.15, 0.2) is 0 Å². The molecule has 0 aliphatic carbocycles. The van der Waals surface area contributed by atoms with Crippen molar-refractivity contribution in [2.45, 2.75) is 165 Å². The molecule has 1 rings (SSSR count). The molecule has 0 aromatic carbocycles. The lowest BCUT2D eigenvalue weighted by molar-refractivity contribution is -0.0474. The van der Waals surface area contributed by atoms with E-state index in [2.05, 4.69) is 0 Å². The second-order valence-corrected chi connectivity index (χ2v) is 29.6. The quantitative estimate of drug-likeness (QED) is 0.287. The first-order valence-electron chi connectivity index (χ1n) is 14.1. The summed E-state index contributed by atoms with van der Waals surface area (Å²) in [7, 11) is -18.1. The predicted octanol–water partition coefficient (Wildman–Crippen LogP) is 7.00. The zero-order valence-corrected chi connectivity index (χ0v) is 34.1. The fourth-order valence-electron chi connectivity index (χ4n) is 4.78. The zero-order chi connectivity index (χ0) is 32.1. The van der Waals surface area contributed by atoms with Gasteiger partial charge in [0.1, 0.15) is 0 Å². The summed E-state index contributed by atoms with van der Waals surface area (Å²) in [6, 6.07) is 0. The predicted molar refractivity (Wildman–Crippen MR) is 168 cm³/mol. The summed E-state index contributed by atoms with van der Waals surface area (Å²) in [6.07, 6.45) is 0. The molecule has 0 N–H and O–H groups in total. The molecule has 15 heteroatoms. The fourth-order valence-corrected chi connectivity index (χ4v) is 28.2. The van der Waals surface area contributed by atoms with Gasteiger partial charge in [-0.1, -0.05) is 0 Å². The molecule has 0 aromatic rings. The SMILES string of the molecule is CC(C)(C)O[Si]1(C)O[Si](C)(OC(C)(C)C)O[Si](C)(OC(C)(C)C)O[Si](C)(OC(C)(C)C)O[Si](C)(OC(C)(C)C)O1. The monoisotopic (exact) mass is 660 g/mol. The smallest absolute Gasteiger partial charge is 0.373 e. The van der Waals surface area contributed by atoms with Gasteiger partial charge < -0.3 is 42.7 Å². The minimum atomic E-state index is -3.62. The van der Waals surface area contributed by atoms with Crippen LogP contribution in [0.5, 0.6) is 0 Å². The standard InChI is InChI=1S/C25H60O10Si5/c1-21(2,3)26-36(16)31-37(17,27-22(4,5)6)33-39(19,29-24(10,11)12)35-40(20,30-25(13,14)15)34-38(18,32-36)28-23(7,8)9/h1-20H3.